The van der Waals surface area contributed by atoms with Gasteiger partial charge in [-0.25, -0.2) is 0 Å². The van der Waals surface area contributed by atoms with E-state index in [1.165, 1.54) is 30.4 Å². The van der Waals surface area contributed by atoms with Crippen molar-refractivity contribution in [2.24, 2.45) is 0 Å². The zero-order valence-electron chi connectivity index (χ0n) is 10.9. The van der Waals surface area contributed by atoms with Gasteiger partial charge >= 0.3 is 0 Å². The van der Waals surface area contributed by atoms with Crippen LogP contribution in [-0.2, 0) is 19.3 Å². The number of fused-ring (bicyclic) bond motifs is 1. The van der Waals surface area contributed by atoms with Gasteiger partial charge < -0.3 is 15.0 Å². The lowest BCUT2D eigenvalue weighted by Crippen LogP contribution is -2.08. The van der Waals surface area contributed by atoms with Gasteiger partial charge in [0.1, 0.15) is 5.75 Å². The van der Waals surface area contributed by atoms with Gasteiger partial charge in [0, 0.05) is 12.5 Å². The summed E-state index contributed by atoms with van der Waals surface area (Å²) in [5.41, 5.74) is 9.14. The van der Waals surface area contributed by atoms with Crippen LogP contribution in [0.4, 0.5) is 5.88 Å². The molecule has 1 aliphatic rings. The molecule has 0 radical (unpaired) electrons. The summed E-state index contributed by atoms with van der Waals surface area (Å²) in [6, 6.07) is 8.08. The van der Waals surface area contributed by atoms with Crippen LogP contribution in [0.3, 0.4) is 0 Å². The summed E-state index contributed by atoms with van der Waals surface area (Å²) in [5, 5.41) is 3.85. The highest BCUT2D eigenvalue weighted by Crippen LogP contribution is 2.29. The van der Waals surface area contributed by atoms with Gasteiger partial charge in [0.2, 0.25) is 5.88 Å². The first-order valence-electron chi connectivity index (χ1n) is 6.77. The summed E-state index contributed by atoms with van der Waals surface area (Å²) < 4.78 is 10.7. The Bertz CT molecular complexity index is 563. The highest BCUT2D eigenvalue weighted by atomic mass is 16.5. The van der Waals surface area contributed by atoms with E-state index in [2.05, 4.69) is 23.4 Å². The average Bonchev–Trinajstić information content (AvgIpc) is 2.85. The third-order valence-corrected chi connectivity index (χ3v) is 3.55. The zero-order valence-corrected chi connectivity index (χ0v) is 10.9. The van der Waals surface area contributed by atoms with Gasteiger partial charge in [-0.15, -0.1) is 0 Å². The number of anilines is 1. The quantitative estimate of drug-likeness (QED) is 0.916. The third-order valence-electron chi connectivity index (χ3n) is 3.55. The first-order chi connectivity index (χ1) is 9.33. The molecule has 19 heavy (non-hydrogen) atoms. The molecule has 0 atom stereocenters. The Labute approximate surface area is 112 Å². The van der Waals surface area contributed by atoms with Crippen LogP contribution in [0, 0.1) is 0 Å². The second kappa shape index (κ2) is 5.34. The normalized spacial score (nSPS) is 14.1. The molecule has 0 bridgehead atoms. The lowest BCUT2D eigenvalue weighted by molar-refractivity contribution is 0.311. The number of nitrogen functional groups attached to an aromatic ring is 1. The summed E-state index contributed by atoms with van der Waals surface area (Å²) in [6.45, 7) is 0.600. The van der Waals surface area contributed by atoms with Crippen LogP contribution in [0.15, 0.2) is 28.8 Å². The van der Waals surface area contributed by atoms with Crippen molar-refractivity contribution in [1.29, 1.82) is 0 Å². The molecule has 0 spiro atoms. The number of hydrogen-bond acceptors (Lipinski definition) is 4. The van der Waals surface area contributed by atoms with Crippen LogP contribution in [-0.4, -0.2) is 11.8 Å². The highest BCUT2D eigenvalue weighted by Gasteiger charge is 2.13. The maximum absolute atomic E-state index is 5.90. The van der Waals surface area contributed by atoms with Gasteiger partial charge in [0.25, 0.3) is 0 Å². The van der Waals surface area contributed by atoms with Crippen molar-refractivity contribution >= 4 is 5.88 Å². The van der Waals surface area contributed by atoms with E-state index < -0.39 is 0 Å². The summed E-state index contributed by atoms with van der Waals surface area (Å²) in [5.74, 6) is 1.38. The van der Waals surface area contributed by atoms with Crippen LogP contribution in [0.2, 0.25) is 0 Å². The maximum Gasteiger partial charge on any atom is 0.222 e. The highest BCUT2D eigenvalue weighted by molar-refractivity contribution is 5.41. The lowest BCUT2D eigenvalue weighted by atomic mass is 9.91. The van der Waals surface area contributed by atoms with Crippen LogP contribution in [0.25, 0.3) is 0 Å². The van der Waals surface area contributed by atoms with Crippen molar-refractivity contribution in [3.05, 3.63) is 41.1 Å². The minimum atomic E-state index is 0.354. The fourth-order valence-electron chi connectivity index (χ4n) is 2.59. The van der Waals surface area contributed by atoms with E-state index in [0.29, 0.717) is 18.9 Å². The maximum atomic E-state index is 5.90. The molecular weight excluding hydrogens is 240 g/mol. The van der Waals surface area contributed by atoms with Crippen LogP contribution in [0.5, 0.6) is 5.75 Å². The number of aromatic nitrogens is 1. The lowest BCUT2D eigenvalue weighted by Gasteiger charge is -2.19. The molecule has 4 nitrogen and oxygen atoms in total. The Morgan fingerprint density at radius 2 is 2.16 bits per heavy atom. The molecule has 0 saturated heterocycles. The van der Waals surface area contributed by atoms with Crippen molar-refractivity contribution in [3.63, 3.8) is 0 Å². The summed E-state index contributed by atoms with van der Waals surface area (Å²) in [7, 11) is 0. The fraction of sp³-hybridized carbons (Fsp3) is 0.400. The molecule has 4 heteroatoms. The van der Waals surface area contributed by atoms with Gasteiger partial charge in [0.15, 0.2) is 0 Å². The van der Waals surface area contributed by atoms with Crippen LogP contribution >= 0.6 is 0 Å². The summed E-state index contributed by atoms with van der Waals surface area (Å²) in [6.07, 6.45) is 5.56. The molecule has 0 saturated carbocycles. The van der Waals surface area contributed by atoms with Crippen molar-refractivity contribution in [2.45, 2.75) is 32.1 Å². The monoisotopic (exact) mass is 258 g/mol. The first-order valence-corrected chi connectivity index (χ1v) is 6.77. The molecule has 0 amide bonds. The Morgan fingerprint density at radius 3 is 3.00 bits per heavy atom. The minimum absolute atomic E-state index is 0.354. The number of aryl methyl sites for hydroxylation is 1. The Balaban J connectivity index is 1.64. The Morgan fingerprint density at radius 1 is 1.26 bits per heavy atom. The molecule has 1 aromatic heterocycles. The van der Waals surface area contributed by atoms with Gasteiger partial charge in [-0.2, -0.15) is 0 Å². The van der Waals surface area contributed by atoms with E-state index >= 15 is 0 Å². The van der Waals surface area contributed by atoms with E-state index in [0.717, 1.165) is 17.9 Å². The molecule has 100 valence electrons. The molecule has 1 aromatic carbocycles. The summed E-state index contributed by atoms with van der Waals surface area (Å²) in [4.78, 5) is 0. The topological polar surface area (TPSA) is 61.3 Å². The Hall–Kier alpha value is -1.97. The molecule has 2 N–H and O–H groups in total. The number of hydrogen-bond donors (Lipinski definition) is 1. The van der Waals surface area contributed by atoms with Gasteiger partial charge in [0.05, 0.1) is 12.3 Å². The Kier molecular flexibility index (Phi) is 3.40. The van der Waals surface area contributed by atoms with Gasteiger partial charge in [-0.05, 0) is 42.9 Å². The number of ether oxygens (including phenoxy) is 1. The van der Waals surface area contributed by atoms with E-state index in [4.69, 9.17) is 15.0 Å². The third kappa shape index (κ3) is 2.72. The van der Waals surface area contributed by atoms with Crippen molar-refractivity contribution in [3.8, 4) is 5.75 Å². The molecule has 2 aromatic rings. The van der Waals surface area contributed by atoms with Crippen molar-refractivity contribution < 1.29 is 9.26 Å². The number of nitrogens with zero attached hydrogens (tertiary/aromatic N) is 1. The fourth-order valence-corrected chi connectivity index (χ4v) is 2.59. The summed E-state index contributed by atoms with van der Waals surface area (Å²) >= 11 is 0. The largest absolute Gasteiger partial charge is 0.493 e. The number of nitrogens with two attached hydrogens (primary N) is 1. The van der Waals surface area contributed by atoms with E-state index in [-0.39, 0.29) is 0 Å². The van der Waals surface area contributed by atoms with Crippen LogP contribution in [0.1, 0.15) is 29.7 Å². The van der Waals surface area contributed by atoms with E-state index in [1.54, 1.807) is 6.07 Å². The molecule has 3 rings (SSSR count). The first kappa shape index (κ1) is 12.1. The average molecular weight is 258 g/mol. The van der Waals surface area contributed by atoms with E-state index in [9.17, 15) is 0 Å². The second-order valence-corrected chi connectivity index (χ2v) is 4.92. The molecule has 0 fully saturated rings. The molecule has 1 aliphatic carbocycles. The second-order valence-electron chi connectivity index (χ2n) is 4.92. The van der Waals surface area contributed by atoms with E-state index in [1.807, 2.05) is 0 Å². The molecular formula is C15H18N2O2. The smallest absolute Gasteiger partial charge is 0.222 e. The zero-order chi connectivity index (χ0) is 13.1. The van der Waals surface area contributed by atoms with Gasteiger partial charge in [-0.3, -0.25) is 0 Å². The SMILES string of the molecule is Nc1cc(CCOc2cccc3c2CCCC3)no1. The number of benzene rings is 1. The number of rotatable bonds is 4. The minimum Gasteiger partial charge on any atom is -0.493 e. The van der Waals surface area contributed by atoms with Crippen molar-refractivity contribution in [1.82, 2.24) is 5.16 Å². The molecule has 0 aliphatic heterocycles. The standard InChI is InChI=1S/C15H18N2O2/c16-15-10-12(17-19-15)8-9-18-14-7-3-5-11-4-1-2-6-13(11)14/h3,5,7,10H,1-2,4,6,8-9,16H2. The molecule has 0 unspecified atom stereocenters. The van der Waals surface area contributed by atoms with Gasteiger partial charge in [-0.1, -0.05) is 17.3 Å². The predicted octanol–water partition coefficient (Wildman–Crippen LogP) is 2.76. The molecule has 1 heterocycles. The predicted molar refractivity (Wildman–Crippen MR) is 73.2 cm³/mol. The van der Waals surface area contributed by atoms with Crippen molar-refractivity contribution in [2.75, 3.05) is 12.3 Å². The van der Waals surface area contributed by atoms with Crippen LogP contribution < -0.4 is 10.5 Å².